The van der Waals surface area contributed by atoms with Crippen molar-refractivity contribution in [3.05, 3.63) is 29.3 Å². The highest BCUT2D eigenvalue weighted by Gasteiger charge is 2.17. The molecule has 2 rings (SSSR count). The molecule has 2 N–H and O–H groups in total. The summed E-state index contributed by atoms with van der Waals surface area (Å²) >= 11 is 0. The SMILES string of the molecule is CCc1ccc2c(c1)[C@@H](N)CCO2.Cl. The molecule has 1 aliphatic heterocycles. The smallest absolute Gasteiger partial charge is 0.124 e. The van der Waals surface area contributed by atoms with Gasteiger partial charge in [-0.1, -0.05) is 19.1 Å². The van der Waals surface area contributed by atoms with Crippen molar-refractivity contribution in [3.8, 4) is 5.75 Å². The Morgan fingerprint density at radius 1 is 1.50 bits per heavy atom. The van der Waals surface area contributed by atoms with Gasteiger partial charge in [-0.2, -0.15) is 0 Å². The minimum atomic E-state index is 0. The Bertz CT molecular complexity index is 314. The van der Waals surface area contributed by atoms with Crippen LogP contribution in [0.4, 0.5) is 0 Å². The van der Waals surface area contributed by atoms with Crippen LogP contribution < -0.4 is 10.5 Å². The third-order valence-corrected chi connectivity index (χ3v) is 2.57. The molecule has 0 radical (unpaired) electrons. The number of halogens is 1. The summed E-state index contributed by atoms with van der Waals surface area (Å²) < 4.78 is 5.51. The van der Waals surface area contributed by atoms with E-state index in [1.54, 1.807) is 0 Å². The second-order valence-electron chi connectivity index (χ2n) is 3.47. The fourth-order valence-electron chi connectivity index (χ4n) is 1.69. The summed E-state index contributed by atoms with van der Waals surface area (Å²) in [5.74, 6) is 0.968. The summed E-state index contributed by atoms with van der Waals surface area (Å²) in [6.07, 6.45) is 1.99. The Morgan fingerprint density at radius 3 is 3.00 bits per heavy atom. The van der Waals surface area contributed by atoms with E-state index in [4.69, 9.17) is 10.5 Å². The molecular formula is C11H16ClNO. The van der Waals surface area contributed by atoms with Crippen LogP contribution in [0.3, 0.4) is 0 Å². The van der Waals surface area contributed by atoms with Crippen molar-refractivity contribution in [2.24, 2.45) is 5.73 Å². The van der Waals surface area contributed by atoms with Crippen LogP contribution in [-0.2, 0) is 6.42 Å². The van der Waals surface area contributed by atoms with E-state index >= 15 is 0 Å². The van der Waals surface area contributed by atoms with Crippen molar-refractivity contribution in [3.63, 3.8) is 0 Å². The summed E-state index contributed by atoms with van der Waals surface area (Å²) in [6.45, 7) is 2.90. The predicted molar refractivity (Wildman–Crippen MR) is 60.1 cm³/mol. The van der Waals surface area contributed by atoms with Gasteiger partial charge in [0.2, 0.25) is 0 Å². The summed E-state index contributed by atoms with van der Waals surface area (Å²) in [5, 5.41) is 0. The molecule has 3 heteroatoms. The lowest BCUT2D eigenvalue weighted by Crippen LogP contribution is -2.20. The molecule has 1 heterocycles. The average molecular weight is 214 g/mol. The summed E-state index contributed by atoms with van der Waals surface area (Å²) in [4.78, 5) is 0. The number of fused-ring (bicyclic) bond motifs is 1. The minimum absolute atomic E-state index is 0. The van der Waals surface area contributed by atoms with Gasteiger partial charge < -0.3 is 10.5 Å². The summed E-state index contributed by atoms with van der Waals surface area (Å²) in [6, 6.07) is 6.47. The van der Waals surface area contributed by atoms with Crippen molar-refractivity contribution >= 4 is 12.4 Å². The first-order chi connectivity index (χ1) is 6.31. The zero-order valence-electron chi connectivity index (χ0n) is 8.32. The predicted octanol–water partition coefficient (Wildman–Crippen LogP) is 2.45. The summed E-state index contributed by atoms with van der Waals surface area (Å²) in [5.41, 5.74) is 8.49. The largest absolute Gasteiger partial charge is 0.493 e. The average Bonchev–Trinajstić information content (AvgIpc) is 2.18. The van der Waals surface area contributed by atoms with Crippen molar-refractivity contribution < 1.29 is 4.74 Å². The van der Waals surface area contributed by atoms with Gasteiger partial charge >= 0.3 is 0 Å². The standard InChI is InChI=1S/C11H15NO.ClH/c1-2-8-3-4-11-9(7-8)10(12)5-6-13-11;/h3-4,7,10H,2,5-6,12H2,1H3;1H/t10-;/m0./s1. The molecule has 0 saturated heterocycles. The van der Waals surface area contributed by atoms with Crippen LogP contribution in [0.1, 0.15) is 30.5 Å². The fourth-order valence-corrected chi connectivity index (χ4v) is 1.69. The normalized spacial score (nSPS) is 19.1. The van der Waals surface area contributed by atoms with Crippen LogP contribution in [0.15, 0.2) is 18.2 Å². The van der Waals surface area contributed by atoms with Crippen molar-refractivity contribution in [2.45, 2.75) is 25.8 Å². The molecule has 0 aromatic heterocycles. The number of benzene rings is 1. The van der Waals surface area contributed by atoms with E-state index in [9.17, 15) is 0 Å². The van der Waals surface area contributed by atoms with E-state index in [0.717, 1.165) is 25.2 Å². The van der Waals surface area contributed by atoms with E-state index in [1.807, 2.05) is 6.07 Å². The lowest BCUT2D eigenvalue weighted by atomic mass is 9.98. The molecule has 0 aliphatic carbocycles. The van der Waals surface area contributed by atoms with Crippen LogP contribution in [0, 0.1) is 0 Å². The first-order valence-electron chi connectivity index (χ1n) is 4.82. The van der Waals surface area contributed by atoms with Crippen LogP contribution in [0.5, 0.6) is 5.75 Å². The maximum atomic E-state index is 5.99. The number of hydrogen-bond acceptors (Lipinski definition) is 2. The quantitative estimate of drug-likeness (QED) is 0.778. The Labute approximate surface area is 90.9 Å². The van der Waals surface area contributed by atoms with E-state index in [0.29, 0.717) is 0 Å². The van der Waals surface area contributed by atoms with E-state index in [2.05, 4.69) is 19.1 Å². The van der Waals surface area contributed by atoms with Gasteiger partial charge in [0.05, 0.1) is 6.61 Å². The van der Waals surface area contributed by atoms with Gasteiger partial charge in [0.15, 0.2) is 0 Å². The molecule has 78 valence electrons. The fraction of sp³-hybridized carbons (Fsp3) is 0.455. The monoisotopic (exact) mass is 213 g/mol. The van der Waals surface area contributed by atoms with E-state index < -0.39 is 0 Å². The Kier molecular flexibility index (Phi) is 3.78. The molecule has 1 aromatic rings. The Morgan fingerprint density at radius 2 is 2.29 bits per heavy atom. The van der Waals surface area contributed by atoms with Crippen LogP contribution >= 0.6 is 12.4 Å². The number of nitrogens with two attached hydrogens (primary N) is 1. The zero-order valence-corrected chi connectivity index (χ0v) is 9.14. The van der Waals surface area contributed by atoms with E-state index in [1.165, 1.54) is 11.1 Å². The van der Waals surface area contributed by atoms with Gasteiger partial charge in [0, 0.05) is 18.0 Å². The summed E-state index contributed by atoms with van der Waals surface area (Å²) in [7, 11) is 0. The number of hydrogen-bond donors (Lipinski definition) is 1. The molecule has 2 nitrogen and oxygen atoms in total. The molecule has 14 heavy (non-hydrogen) atoms. The molecule has 1 aliphatic rings. The third-order valence-electron chi connectivity index (χ3n) is 2.57. The highest BCUT2D eigenvalue weighted by Crippen LogP contribution is 2.31. The molecule has 0 spiro atoms. The van der Waals surface area contributed by atoms with Crippen molar-refractivity contribution in [1.82, 2.24) is 0 Å². The highest BCUT2D eigenvalue weighted by atomic mass is 35.5. The first kappa shape index (κ1) is 11.3. The van der Waals surface area contributed by atoms with Gasteiger partial charge in [-0.25, -0.2) is 0 Å². The minimum Gasteiger partial charge on any atom is -0.493 e. The Balaban J connectivity index is 0.000000980. The van der Waals surface area contributed by atoms with E-state index in [-0.39, 0.29) is 18.4 Å². The zero-order chi connectivity index (χ0) is 9.26. The molecule has 1 atom stereocenters. The van der Waals surface area contributed by atoms with Gasteiger partial charge in [-0.15, -0.1) is 12.4 Å². The van der Waals surface area contributed by atoms with Crippen LogP contribution in [-0.4, -0.2) is 6.61 Å². The molecule has 0 fully saturated rings. The van der Waals surface area contributed by atoms with Gasteiger partial charge in [-0.3, -0.25) is 0 Å². The van der Waals surface area contributed by atoms with Crippen LogP contribution in [0.2, 0.25) is 0 Å². The third kappa shape index (κ3) is 2.02. The maximum absolute atomic E-state index is 5.99. The molecule has 0 saturated carbocycles. The van der Waals surface area contributed by atoms with Gasteiger partial charge in [0.1, 0.15) is 5.75 Å². The van der Waals surface area contributed by atoms with Crippen LogP contribution in [0.25, 0.3) is 0 Å². The highest BCUT2D eigenvalue weighted by molar-refractivity contribution is 5.85. The molecule has 1 aromatic carbocycles. The van der Waals surface area contributed by atoms with Gasteiger partial charge in [-0.05, 0) is 18.1 Å². The molecule has 0 unspecified atom stereocenters. The second kappa shape index (κ2) is 4.67. The number of aryl methyl sites for hydroxylation is 1. The second-order valence-corrected chi connectivity index (χ2v) is 3.47. The topological polar surface area (TPSA) is 35.2 Å². The lowest BCUT2D eigenvalue weighted by molar-refractivity contribution is 0.269. The lowest BCUT2D eigenvalue weighted by Gasteiger charge is -2.23. The van der Waals surface area contributed by atoms with Gasteiger partial charge in [0.25, 0.3) is 0 Å². The molecular weight excluding hydrogens is 198 g/mol. The molecule has 0 amide bonds. The Hall–Kier alpha value is -0.730. The van der Waals surface area contributed by atoms with Crippen molar-refractivity contribution in [2.75, 3.05) is 6.61 Å². The van der Waals surface area contributed by atoms with Crippen molar-refractivity contribution in [1.29, 1.82) is 0 Å². The molecule has 0 bridgehead atoms. The number of ether oxygens (including phenoxy) is 1. The number of rotatable bonds is 1. The first-order valence-corrected chi connectivity index (χ1v) is 4.82. The maximum Gasteiger partial charge on any atom is 0.124 e.